The summed E-state index contributed by atoms with van der Waals surface area (Å²) < 4.78 is 6.92. The molecule has 6 nitrogen and oxygen atoms in total. The second-order valence-corrected chi connectivity index (χ2v) is 4.04. The van der Waals surface area contributed by atoms with Crippen molar-refractivity contribution in [1.29, 1.82) is 0 Å². The summed E-state index contributed by atoms with van der Waals surface area (Å²) in [5.74, 6) is 1.18. The molecule has 1 N–H and O–H groups in total. The van der Waals surface area contributed by atoms with Crippen LogP contribution in [-0.4, -0.2) is 44.8 Å². The molecule has 1 saturated heterocycles. The van der Waals surface area contributed by atoms with Crippen molar-refractivity contribution in [3.05, 3.63) is 0 Å². The first-order valence-corrected chi connectivity index (χ1v) is 5.43. The minimum atomic E-state index is -0.137. The van der Waals surface area contributed by atoms with E-state index in [1.165, 1.54) is 0 Å². The molecule has 0 radical (unpaired) electrons. The molecule has 2 heterocycles. The molecular formula is C8H14ClN5O. The number of tetrazole rings is 1. The Labute approximate surface area is 92.9 Å². The summed E-state index contributed by atoms with van der Waals surface area (Å²) >= 11 is 6.01. The number of rotatable bonds is 3. The molecule has 15 heavy (non-hydrogen) atoms. The summed E-state index contributed by atoms with van der Waals surface area (Å²) in [5.41, 5.74) is -0.137. The van der Waals surface area contributed by atoms with Gasteiger partial charge in [0.2, 0.25) is 5.95 Å². The lowest BCUT2D eigenvalue weighted by atomic mass is 9.92. The zero-order valence-electron chi connectivity index (χ0n) is 8.61. The molecule has 1 fully saturated rings. The van der Waals surface area contributed by atoms with Gasteiger partial charge in [-0.25, -0.2) is 4.68 Å². The highest BCUT2D eigenvalue weighted by Crippen LogP contribution is 2.25. The lowest BCUT2D eigenvalue weighted by Gasteiger charge is -2.36. The van der Waals surface area contributed by atoms with Crippen LogP contribution >= 0.6 is 11.6 Å². The Morgan fingerprint density at radius 2 is 2.27 bits per heavy atom. The van der Waals surface area contributed by atoms with Gasteiger partial charge >= 0.3 is 0 Å². The molecule has 1 aliphatic rings. The summed E-state index contributed by atoms with van der Waals surface area (Å²) in [7, 11) is 1.80. The average Bonchev–Trinajstić information content (AvgIpc) is 2.66. The van der Waals surface area contributed by atoms with Crippen LogP contribution in [0.25, 0.3) is 0 Å². The van der Waals surface area contributed by atoms with Crippen molar-refractivity contribution in [2.75, 3.05) is 24.4 Å². The van der Waals surface area contributed by atoms with Crippen LogP contribution in [0.2, 0.25) is 0 Å². The molecule has 0 aromatic carbocycles. The highest BCUT2D eigenvalue weighted by Gasteiger charge is 2.32. The Kier molecular flexibility index (Phi) is 3.06. The van der Waals surface area contributed by atoms with E-state index in [9.17, 15) is 0 Å². The minimum Gasteiger partial charge on any atom is -0.381 e. The van der Waals surface area contributed by atoms with Gasteiger partial charge in [0.05, 0.1) is 5.54 Å². The van der Waals surface area contributed by atoms with Gasteiger partial charge in [-0.1, -0.05) is 5.10 Å². The van der Waals surface area contributed by atoms with Gasteiger partial charge in [0, 0.05) is 26.1 Å². The maximum atomic E-state index is 6.01. The van der Waals surface area contributed by atoms with Gasteiger partial charge in [0.15, 0.2) is 0 Å². The third-order valence-corrected chi connectivity index (χ3v) is 3.21. The maximum Gasteiger partial charge on any atom is 0.243 e. The Morgan fingerprint density at radius 1 is 1.53 bits per heavy atom. The van der Waals surface area contributed by atoms with Crippen molar-refractivity contribution < 1.29 is 4.74 Å². The molecule has 1 aliphatic heterocycles. The molecule has 2 rings (SSSR count). The second-order valence-electron chi connectivity index (χ2n) is 3.78. The predicted molar refractivity (Wildman–Crippen MR) is 55.9 cm³/mol. The fourth-order valence-corrected chi connectivity index (χ4v) is 1.96. The Bertz CT molecular complexity index is 323. The summed E-state index contributed by atoms with van der Waals surface area (Å²) in [6.45, 7) is 1.45. The van der Waals surface area contributed by atoms with Crippen molar-refractivity contribution in [3.63, 3.8) is 0 Å². The van der Waals surface area contributed by atoms with Crippen LogP contribution in [0.4, 0.5) is 5.95 Å². The smallest absolute Gasteiger partial charge is 0.243 e. The van der Waals surface area contributed by atoms with E-state index in [0.29, 0.717) is 11.8 Å². The van der Waals surface area contributed by atoms with Gasteiger partial charge < -0.3 is 10.1 Å². The quantitative estimate of drug-likeness (QED) is 0.764. The summed E-state index contributed by atoms with van der Waals surface area (Å²) in [5, 5.41) is 14.5. The van der Waals surface area contributed by atoms with Gasteiger partial charge in [-0.15, -0.1) is 11.6 Å². The minimum absolute atomic E-state index is 0.137. The van der Waals surface area contributed by atoms with Crippen molar-refractivity contribution >= 4 is 17.5 Å². The number of aromatic nitrogens is 4. The zero-order valence-corrected chi connectivity index (χ0v) is 9.37. The molecule has 0 unspecified atom stereocenters. The molecule has 1 aromatic heterocycles. The van der Waals surface area contributed by atoms with E-state index in [2.05, 4.69) is 20.8 Å². The number of nitrogens with one attached hydrogen (secondary N) is 1. The Balaban J connectivity index is 2.10. The van der Waals surface area contributed by atoms with E-state index in [0.717, 1.165) is 26.1 Å². The highest BCUT2D eigenvalue weighted by molar-refractivity contribution is 6.18. The van der Waals surface area contributed by atoms with Crippen molar-refractivity contribution in [2.24, 2.45) is 7.05 Å². The molecule has 0 spiro atoms. The Morgan fingerprint density at radius 3 is 2.80 bits per heavy atom. The highest BCUT2D eigenvalue weighted by atomic mass is 35.5. The van der Waals surface area contributed by atoms with Gasteiger partial charge in [-0.05, 0) is 23.3 Å². The van der Waals surface area contributed by atoms with E-state index in [4.69, 9.17) is 16.3 Å². The number of ether oxygens (including phenoxy) is 1. The van der Waals surface area contributed by atoms with E-state index in [1.807, 2.05) is 0 Å². The number of anilines is 1. The standard InChI is InChI=1S/C8H14ClN5O/c1-14-7(11-12-13-14)10-8(6-9)2-4-15-5-3-8/h2-6H2,1H3,(H,10,11,13). The molecular weight excluding hydrogens is 218 g/mol. The first-order valence-electron chi connectivity index (χ1n) is 4.90. The zero-order chi connectivity index (χ0) is 10.7. The molecule has 0 aliphatic carbocycles. The van der Waals surface area contributed by atoms with Crippen LogP contribution in [0.1, 0.15) is 12.8 Å². The lowest BCUT2D eigenvalue weighted by molar-refractivity contribution is 0.0664. The first-order chi connectivity index (χ1) is 7.26. The molecule has 1 aromatic rings. The largest absolute Gasteiger partial charge is 0.381 e. The molecule has 7 heteroatoms. The van der Waals surface area contributed by atoms with Gasteiger partial charge in [0.1, 0.15) is 0 Å². The number of hydrogen-bond donors (Lipinski definition) is 1. The third-order valence-electron chi connectivity index (χ3n) is 2.70. The van der Waals surface area contributed by atoms with Crippen LogP contribution in [-0.2, 0) is 11.8 Å². The maximum absolute atomic E-state index is 6.01. The van der Waals surface area contributed by atoms with Crippen molar-refractivity contribution in [1.82, 2.24) is 20.2 Å². The first kappa shape index (κ1) is 10.6. The monoisotopic (exact) mass is 231 g/mol. The molecule has 0 bridgehead atoms. The van der Waals surface area contributed by atoms with Crippen LogP contribution in [0.5, 0.6) is 0 Å². The summed E-state index contributed by atoms with van der Waals surface area (Å²) in [6, 6.07) is 0. The van der Waals surface area contributed by atoms with Crippen LogP contribution in [0.15, 0.2) is 0 Å². The topological polar surface area (TPSA) is 64.9 Å². The number of alkyl halides is 1. The van der Waals surface area contributed by atoms with Crippen molar-refractivity contribution in [3.8, 4) is 0 Å². The van der Waals surface area contributed by atoms with E-state index < -0.39 is 0 Å². The van der Waals surface area contributed by atoms with Crippen molar-refractivity contribution in [2.45, 2.75) is 18.4 Å². The van der Waals surface area contributed by atoms with E-state index in [-0.39, 0.29) is 5.54 Å². The fourth-order valence-electron chi connectivity index (χ4n) is 1.63. The van der Waals surface area contributed by atoms with E-state index >= 15 is 0 Å². The average molecular weight is 232 g/mol. The predicted octanol–water partition coefficient (Wildman–Crippen LogP) is 0.410. The number of nitrogens with zero attached hydrogens (tertiary/aromatic N) is 4. The lowest BCUT2D eigenvalue weighted by Crippen LogP contribution is -2.46. The van der Waals surface area contributed by atoms with Crippen LogP contribution in [0.3, 0.4) is 0 Å². The van der Waals surface area contributed by atoms with Crippen LogP contribution in [0, 0.1) is 0 Å². The fraction of sp³-hybridized carbons (Fsp3) is 0.875. The van der Waals surface area contributed by atoms with E-state index in [1.54, 1.807) is 11.7 Å². The van der Waals surface area contributed by atoms with Gasteiger partial charge in [-0.3, -0.25) is 0 Å². The molecule has 0 amide bonds. The van der Waals surface area contributed by atoms with Gasteiger partial charge in [-0.2, -0.15) is 0 Å². The number of aryl methyl sites for hydroxylation is 1. The third kappa shape index (κ3) is 2.21. The SMILES string of the molecule is Cn1nnnc1NC1(CCl)CCOCC1. The number of halogens is 1. The molecule has 84 valence electrons. The Hall–Kier alpha value is -0.880. The second kappa shape index (κ2) is 4.32. The summed E-state index contributed by atoms with van der Waals surface area (Å²) in [6.07, 6.45) is 1.76. The molecule has 0 atom stereocenters. The molecule has 0 saturated carbocycles. The van der Waals surface area contributed by atoms with Gasteiger partial charge in [0.25, 0.3) is 0 Å². The normalized spacial score (nSPS) is 20.1. The summed E-state index contributed by atoms with van der Waals surface area (Å²) in [4.78, 5) is 0. The van der Waals surface area contributed by atoms with Crippen LogP contribution < -0.4 is 5.32 Å². The number of hydrogen-bond acceptors (Lipinski definition) is 5.